The van der Waals surface area contributed by atoms with E-state index < -0.39 is 0 Å². The number of nitrogens with one attached hydrogen (secondary N) is 1. The number of carbonyl (C=O) groups excluding carboxylic acids is 1. The van der Waals surface area contributed by atoms with Crippen molar-refractivity contribution in [3.05, 3.63) is 35.2 Å². The van der Waals surface area contributed by atoms with Crippen molar-refractivity contribution < 1.29 is 19.2 Å². The summed E-state index contributed by atoms with van der Waals surface area (Å²) in [5.41, 5.74) is 1.47. The van der Waals surface area contributed by atoms with Crippen molar-refractivity contribution in [1.82, 2.24) is 20.4 Å². The van der Waals surface area contributed by atoms with Crippen molar-refractivity contribution in [2.75, 3.05) is 44.8 Å². The molecule has 2 unspecified atom stereocenters. The average Bonchev–Trinajstić information content (AvgIpc) is 3.51. The molecule has 2 N–H and O–H groups in total. The van der Waals surface area contributed by atoms with E-state index in [-0.39, 0.29) is 24.6 Å². The normalized spacial score (nSPS) is 20.2. The summed E-state index contributed by atoms with van der Waals surface area (Å²) in [6, 6.07) is 5.52. The zero-order valence-corrected chi connectivity index (χ0v) is 21.2. The van der Waals surface area contributed by atoms with E-state index in [4.69, 9.17) is 19.4 Å². The second-order valence-corrected chi connectivity index (χ2v) is 10.0. The van der Waals surface area contributed by atoms with Gasteiger partial charge in [0.05, 0.1) is 19.3 Å². The smallest absolute Gasteiger partial charge is 0.266 e. The summed E-state index contributed by atoms with van der Waals surface area (Å²) < 4.78 is 11.5. The van der Waals surface area contributed by atoms with Gasteiger partial charge in [-0.1, -0.05) is 0 Å². The number of hydrogen-bond acceptors (Lipinski definition) is 8. The van der Waals surface area contributed by atoms with Crippen molar-refractivity contribution in [3.63, 3.8) is 0 Å². The molecule has 4 rings (SSSR count). The standard InChI is InChI=1S/C26H39N5O4/c1-18-16-21(8-9-22(18)24(33)27-19(2)17-32)34-15-5-6-20-10-13-31(14-11-20)26-28-25(35-29-26)23-7-4-12-30(23)3/h8-9,16,19-20,23,32H,4-7,10-15,17H2,1-3H3,(H,27,33). The number of aliphatic hydroxyl groups excluding tert-OH is 1. The highest BCUT2D eigenvalue weighted by Gasteiger charge is 2.29. The SMILES string of the molecule is Cc1cc(OCCCC2CCN(c3noc(C4CCCN4C)n3)CC2)ccc1C(=O)NC(C)CO. The van der Waals surface area contributed by atoms with Crippen LogP contribution in [0.2, 0.25) is 0 Å². The van der Waals surface area contributed by atoms with E-state index in [0.717, 1.165) is 74.9 Å². The molecule has 3 heterocycles. The van der Waals surface area contributed by atoms with E-state index in [9.17, 15) is 4.79 Å². The van der Waals surface area contributed by atoms with Gasteiger partial charge in [0.15, 0.2) is 0 Å². The number of piperidine rings is 1. The number of benzene rings is 1. The van der Waals surface area contributed by atoms with Gasteiger partial charge in [-0.25, -0.2) is 0 Å². The highest BCUT2D eigenvalue weighted by atomic mass is 16.5. The quantitative estimate of drug-likeness (QED) is 0.494. The molecule has 2 atom stereocenters. The number of rotatable bonds is 10. The number of aryl methyl sites for hydroxylation is 1. The van der Waals surface area contributed by atoms with Gasteiger partial charge in [0.25, 0.3) is 11.9 Å². The van der Waals surface area contributed by atoms with E-state index >= 15 is 0 Å². The number of nitrogens with zero attached hydrogens (tertiary/aromatic N) is 4. The Kier molecular flexibility index (Phi) is 8.62. The minimum absolute atomic E-state index is 0.0821. The predicted octanol–water partition coefficient (Wildman–Crippen LogP) is 3.33. The topological polar surface area (TPSA) is 104 Å². The molecule has 0 radical (unpaired) electrons. The third-order valence-corrected chi connectivity index (χ3v) is 7.25. The lowest BCUT2D eigenvalue weighted by Gasteiger charge is -2.30. The maximum Gasteiger partial charge on any atom is 0.266 e. The predicted molar refractivity (Wildman–Crippen MR) is 134 cm³/mol. The maximum absolute atomic E-state index is 12.3. The molecule has 1 amide bonds. The van der Waals surface area contributed by atoms with Crippen molar-refractivity contribution >= 4 is 11.9 Å². The maximum atomic E-state index is 12.3. The van der Waals surface area contributed by atoms with E-state index in [1.54, 1.807) is 13.0 Å². The first kappa shape index (κ1) is 25.4. The van der Waals surface area contributed by atoms with Crippen LogP contribution in [0.25, 0.3) is 0 Å². The highest BCUT2D eigenvalue weighted by molar-refractivity contribution is 5.95. The van der Waals surface area contributed by atoms with E-state index in [1.165, 1.54) is 6.42 Å². The fourth-order valence-electron chi connectivity index (χ4n) is 5.02. The van der Waals surface area contributed by atoms with Gasteiger partial charge in [0.1, 0.15) is 5.75 Å². The lowest BCUT2D eigenvalue weighted by molar-refractivity contribution is 0.0921. The molecule has 0 bridgehead atoms. The molecule has 0 aliphatic carbocycles. The molecular formula is C26H39N5O4. The van der Waals surface area contributed by atoms with Crippen LogP contribution in [-0.2, 0) is 0 Å². The first-order valence-electron chi connectivity index (χ1n) is 12.9. The van der Waals surface area contributed by atoms with Gasteiger partial charge < -0.3 is 24.6 Å². The number of aliphatic hydroxyl groups is 1. The zero-order chi connectivity index (χ0) is 24.8. The Bertz CT molecular complexity index is 972. The molecular weight excluding hydrogens is 446 g/mol. The summed E-state index contributed by atoms with van der Waals surface area (Å²) in [6.07, 6.45) is 6.66. The molecule has 2 aliphatic heterocycles. The molecule has 0 saturated carbocycles. The summed E-state index contributed by atoms with van der Waals surface area (Å²) in [5.74, 6) is 2.78. The van der Waals surface area contributed by atoms with Crippen LogP contribution in [0.3, 0.4) is 0 Å². The second kappa shape index (κ2) is 11.9. The van der Waals surface area contributed by atoms with Crippen molar-refractivity contribution in [2.24, 2.45) is 5.92 Å². The Balaban J connectivity index is 1.16. The summed E-state index contributed by atoms with van der Waals surface area (Å²) in [5, 5.41) is 16.1. The van der Waals surface area contributed by atoms with Crippen LogP contribution >= 0.6 is 0 Å². The van der Waals surface area contributed by atoms with Gasteiger partial charge in [-0.2, -0.15) is 4.98 Å². The third-order valence-electron chi connectivity index (χ3n) is 7.25. The molecule has 2 aromatic rings. The molecule has 192 valence electrons. The summed E-state index contributed by atoms with van der Waals surface area (Å²) in [4.78, 5) is 21.5. The monoisotopic (exact) mass is 485 g/mol. The molecule has 0 spiro atoms. The summed E-state index contributed by atoms with van der Waals surface area (Å²) in [7, 11) is 2.12. The number of anilines is 1. The zero-order valence-electron chi connectivity index (χ0n) is 21.2. The molecule has 9 nitrogen and oxygen atoms in total. The molecule has 2 aliphatic rings. The van der Waals surface area contributed by atoms with Crippen LogP contribution < -0.4 is 15.0 Å². The molecule has 1 aromatic heterocycles. The largest absolute Gasteiger partial charge is 0.494 e. The van der Waals surface area contributed by atoms with Gasteiger partial charge in [-0.3, -0.25) is 9.69 Å². The lowest BCUT2D eigenvalue weighted by Crippen LogP contribution is -2.35. The molecule has 9 heteroatoms. The Morgan fingerprint density at radius 2 is 2.09 bits per heavy atom. The Labute approximate surface area is 207 Å². The Morgan fingerprint density at radius 1 is 1.29 bits per heavy atom. The van der Waals surface area contributed by atoms with Gasteiger partial charge in [-0.15, -0.1) is 0 Å². The first-order valence-corrected chi connectivity index (χ1v) is 12.9. The van der Waals surface area contributed by atoms with E-state index in [2.05, 4.69) is 27.3 Å². The summed E-state index contributed by atoms with van der Waals surface area (Å²) in [6.45, 7) is 7.26. The van der Waals surface area contributed by atoms with Gasteiger partial charge in [-0.05, 0) is 101 Å². The number of amides is 1. The number of aromatic nitrogens is 2. The van der Waals surface area contributed by atoms with Crippen molar-refractivity contribution in [3.8, 4) is 5.75 Å². The number of carbonyl (C=O) groups is 1. The number of ether oxygens (including phenoxy) is 1. The van der Waals surface area contributed by atoms with E-state index in [0.29, 0.717) is 18.1 Å². The Hall–Kier alpha value is -2.65. The number of hydrogen-bond donors (Lipinski definition) is 2. The van der Waals surface area contributed by atoms with Crippen molar-refractivity contribution in [2.45, 2.75) is 64.5 Å². The molecule has 2 saturated heterocycles. The summed E-state index contributed by atoms with van der Waals surface area (Å²) >= 11 is 0. The van der Waals surface area contributed by atoms with Gasteiger partial charge in [0.2, 0.25) is 5.89 Å². The van der Waals surface area contributed by atoms with Crippen LogP contribution in [0.15, 0.2) is 22.7 Å². The van der Waals surface area contributed by atoms with Crippen LogP contribution in [0.1, 0.15) is 73.3 Å². The molecule has 1 aromatic carbocycles. The van der Waals surface area contributed by atoms with Crippen LogP contribution in [0, 0.1) is 12.8 Å². The first-order chi connectivity index (χ1) is 16.9. The van der Waals surface area contributed by atoms with Gasteiger partial charge >= 0.3 is 0 Å². The van der Waals surface area contributed by atoms with Gasteiger partial charge in [0, 0.05) is 24.7 Å². The fourth-order valence-corrected chi connectivity index (χ4v) is 5.02. The van der Waals surface area contributed by atoms with Crippen LogP contribution in [-0.4, -0.2) is 72.0 Å². The molecule has 2 fully saturated rings. The average molecular weight is 486 g/mol. The van der Waals surface area contributed by atoms with E-state index in [1.807, 2.05) is 19.1 Å². The second-order valence-electron chi connectivity index (χ2n) is 10.0. The minimum atomic E-state index is -0.270. The Morgan fingerprint density at radius 3 is 2.77 bits per heavy atom. The molecule has 35 heavy (non-hydrogen) atoms. The lowest BCUT2D eigenvalue weighted by atomic mass is 9.92. The van der Waals surface area contributed by atoms with Crippen LogP contribution in [0.5, 0.6) is 5.75 Å². The fraction of sp³-hybridized carbons (Fsp3) is 0.654. The van der Waals surface area contributed by atoms with Crippen molar-refractivity contribution in [1.29, 1.82) is 0 Å². The highest BCUT2D eigenvalue weighted by Crippen LogP contribution is 2.31. The minimum Gasteiger partial charge on any atom is -0.494 e. The number of likely N-dealkylation sites (tertiary alicyclic amines) is 1. The van der Waals surface area contributed by atoms with Crippen LogP contribution in [0.4, 0.5) is 5.95 Å². The third kappa shape index (κ3) is 6.52.